The van der Waals surface area contributed by atoms with Crippen LogP contribution in [0.5, 0.6) is 5.75 Å². The van der Waals surface area contributed by atoms with Gasteiger partial charge in [-0.25, -0.2) is 0 Å². The third kappa shape index (κ3) is 3.40. The molecule has 0 N–H and O–H groups in total. The van der Waals surface area contributed by atoms with E-state index in [1.165, 1.54) is 0 Å². The molecule has 0 unspecified atom stereocenters. The molecular formula is C19H25N3O2. The summed E-state index contributed by atoms with van der Waals surface area (Å²) in [5.41, 5.74) is 2.76. The highest BCUT2D eigenvalue weighted by atomic mass is 16.5. The maximum Gasteiger partial charge on any atom is 0.258 e. The number of amides is 1. The average Bonchev–Trinajstić information content (AvgIpc) is 2.53. The van der Waals surface area contributed by atoms with E-state index in [1.54, 1.807) is 25.6 Å². The van der Waals surface area contributed by atoms with Gasteiger partial charge >= 0.3 is 0 Å². The molecule has 0 aliphatic rings. The lowest BCUT2D eigenvalue weighted by Gasteiger charge is -2.32. The second kappa shape index (κ2) is 7.43. The first-order valence-electron chi connectivity index (χ1n) is 8.16. The van der Waals surface area contributed by atoms with Gasteiger partial charge < -0.3 is 9.64 Å². The summed E-state index contributed by atoms with van der Waals surface area (Å²) >= 11 is 0. The standard InChI is InChI=1S/C19H25N3O2/c1-12(2)22(13(3)4)19(23)17-15(8-7-9-16(17)24-6)18-14(5)20-10-11-21-18/h7-13H,1-6H3. The van der Waals surface area contributed by atoms with Crippen LogP contribution in [-0.4, -0.2) is 40.0 Å². The molecule has 5 heteroatoms. The van der Waals surface area contributed by atoms with E-state index in [2.05, 4.69) is 9.97 Å². The first-order valence-corrected chi connectivity index (χ1v) is 8.16. The number of hydrogen-bond donors (Lipinski definition) is 0. The lowest BCUT2D eigenvalue weighted by atomic mass is 9.99. The van der Waals surface area contributed by atoms with Crippen molar-refractivity contribution < 1.29 is 9.53 Å². The average molecular weight is 327 g/mol. The number of aromatic nitrogens is 2. The summed E-state index contributed by atoms with van der Waals surface area (Å²) in [6, 6.07) is 5.73. The van der Waals surface area contributed by atoms with E-state index in [1.807, 2.05) is 51.7 Å². The molecule has 0 aliphatic heterocycles. The monoisotopic (exact) mass is 327 g/mol. The molecule has 0 bridgehead atoms. The minimum absolute atomic E-state index is 0.0579. The maximum atomic E-state index is 13.3. The molecule has 1 aromatic heterocycles. The minimum atomic E-state index is -0.0579. The Morgan fingerprint density at radius 2 is 1.71 bits per heavy atom. The number of carbonyl (C=O) groups is 1. The third-order valence-electron chi connectivity index (χ3n) is 3.94. The van der Waals surface area contributed by atoms with Gasteiger partial charge in [-0.3, -0.25) is 14.8 Å². The summed E-state index contributed by atoms with van der Waals surface area (Å²) in [4.78, 5) is 23.9. The number of rotatable bonds is 5. The fourth-order valence-corrected chi connectivity index (χ4v) is 2.99. The van der Waals surface area contributed by atoms with Crippen molar-refractivity contribution >= 4 is 5.91 Å². The number of carbonyl (C=O) groups excluding carboxylic acids is 1. The highest BCUT2D eigenvalue weighted by Crippen LogP contribution is 2.32. The second-order valence-corrected chi connectivity index (χ2v) is 6.27. The molecular weight excluding hydrogens is 302 g/mol. The molecule has 5 nitrogen and oxygen atoms in total. The fraction of sp³-hybridized carbons (Fsp3) is 0.421. The zero-order valence-electron chi connectivity index (χ0n) is 15.2. The summed E-state index contributed by atoms with van der Waals surface area (Å²) in [5, 5.41) is 0. The Labute approximate surface area is 143 Å². The largest absolute Gasteiger partial charge is 0.496 e. The molecule has 0 spiro atoms. The van der Waals surface area contributed by atoms with Gasteiger partial charge in [-0.2, -0.15) is 0 Å². The first kappa shape index (κ1) is 17.9. The predicted molar refractivity (Wildman–Crippen MR) is 95.2 cm³/mol. The molecule has 2 rings (SSSR count). The fourth-order valence-electron chi connectivity index (χ4n) is 2.99. The molecule has 1 heterocycles. The zero-order valence-corrected chi connectivity index (χ0v) is 15.2. The molecule has 0 atom stereocenters. The van der Waals surface area contributed by atoms with Crippen LogP contribution < -0.4 is 4.74 Å². The van der Waals surface area contributed by atoms with Crippen LogP contribution in [0.15, 0.2) is 30.6 Å². The molecule has 128 valence electrons. The van der Waals surface area contributed by atoms with Gasteiger partial charge in [0.05, 0.1) is 24.1 Å². The topological polar surface area (TPSA) is 55.3 Å². The van der Waals surface area contributed by atoms with E-state index in [-0.39, 0.29) is 18.0 Å². The second-order valence-electron chi connectivity index (χ2n) is 6.27. The van der Waals surface area contributed by atoms with Crippen LogP contribution in [0.2, 0.25) is 0 Å². The Bertz CT molecular complexity index is 718. The number of benzene rings is 1. The first-order chi connectivity index (χ1) is 11.4. The SMILES string of the molecule is COc1cccc(-c2nccnc2C)c1C(=O)N(C(C)C)C(C)C. The van der Waals surface area contributed by atoms with Crippen LogP contribution >= 0.6 is 0 Å². The minimum Gasteiger partial charge on any atom is -0.496 e. The van der Waals surface area contributed by atoms with Gasteiger partial charge in [0.25, 0.3) is 5.91 Å². The number of nitrogens with zero attached hydrogens (tertiary/aromatic N) is 3. The van der Waals surface area contributed by atoms with E-state index in [4.69, 9.17) is 4.74 Å². The quantitative estimate of drug-likeness (QED) is 0.840. The maximum absolute atomic E-state index is 13.3. The van der Waals surface area contributed by atoms with E-state index in [9.17, 15) is 4.79 Å². The lowest BCUT2D eigenvalue weighted by Crippen LogP contribution is -2.42. The van der Waals surface area contributed by atoms with Crippen LogP contribution in [0.3, 0.4) is 0 Å². The number of aryl methyl sites for hydroxylation is 1. The van der Waals surface area contributed by atoms with Crippen LogP contribution in [0.1, 0.15) is 43.7 Å². The van der Waals surface area contributed by atoms with Crippen molar-refractivity contribution in [3.8, 4) is 17.0 Å². The molecule has 0 radical (unpaired) electrons. The van der Waals surface area contributed by atoms with Crippen molar-refractivity contribution in [2.24, 2.45) is 0 Å². The molecule has 0 saturated carbocycles. The van der Waals surface area contributed by atoms with Crippen molar-refractivity contribution in [3.63, 3.8) is 0 Å². The van der Waals surface area contributed by atoms with Gasteiger partial charge in [0.2, 0.25) is 0 Å². The molecule has 24 heavy (non-hydrogen) atoms. The highest BCUT2D eigenvalue weighted by molar-refractivity contribution is 6.03. The smallest absolute Gasteiger partial charge is 0.258 e. The van der Waals surface area contributed by atoms with Crippen LogP contribution in [0.25, 0.3) is 11.3 Å². The Kier molecular flexibility index (Phi) is 5.54. The van der Waals surface area contributed by atoms with Crippen molar-refractivity contribution in [1.29, 1.82) is 0 Å². The molecule has 1 aromatic carbocycles. The normalized spacial score (nSPS) is 11.0. The van der Waals surface area contributed by atoms with E-state index < -0.39 is 0 Å². The van der Waals surface area contributed by atoms with Gasteiger partial charge in [-0.15, -0.1) is 0 Å². The summed E-state index contributed by atoms with van der Waals surface area (Å²) in [5.74, 6) is 0.492. The van der Waals surface area contributed by atoms with E-state index >= 15 is 0 Å². The Balaban J connectivity index is 2.68. The van der Waals surface area contributed by atoms with Gasteiger partial charge in [-0.1, -0.05) is 12.1 Å². The van der Waals surface area contributed by atoms with Crippen molar-refractivity contribution in [1.82, 2.24) is 14.9 Å². The Hall–Kier alpha value is -2.43. The molecule has 2 aromatic rings. The van der Waals surface area contributed by atoms with Crippen LogP contribution in [0.4, 0.5) is 0 Å². The van der Waals surface area contributed by atoms with E-state index in [0.717, 1.165) is 11.3 Å². The Morgan fingerprint density at radius 3 is 2.25 bits per heavy atom. The summed E-state index contributed by atoms with van der Waals surface area (Å²) in [6.07, 6.45) is 3.29. The lowest BCUT2D eigenvalue weighted by molar-refractivity contribution is 0.0641. The van der Waals surface area contributed by atoms with Crippen molar-refractivity contribution in [3.05, 3.63) is 41.9 Å². The molecule has 0 saturated heterocycles. The van der Waals surface area contributed by atoms with E-state index in [0.29, 0.717) is 17.0 Å². The predicted octanol–water partition coefficient (Wildman–Crippen LogP) is 3.72. The number of ether oxygens (including phenoxy) is 1. The number of methoxy groups -OCH3 is 1. The van der Waals surface area contributed by atoms with Gasteiger partial charge in [0.1, 0.15) is 5.75 Å². The number of hydrogen-bond acceptors (Lipinski definition) is 4. The summed E-state index contributed by atoms with van der Waals surface area (Å²) in [7, 11) is 1.58. The summed E-state index contributed by atoms with van der Waals surface area (Å²) < 4.78 is 5.48. The van der Waals surface area contributed by atoms with Crippen molar-refractivity contribution in [2.45, 2.75) is 46.7 Å². The van der Waals surface area contributed by atoms with Gasteiger partial charge in [0.15, 0.2) is 0 Å². The molecule has 1 amide bonds. The van der Waals surface area contributed by atoms with Gasteiger partial charge in [0, 0.05) is 30.0 Å². The molecule has 0 fully saturated rings. The van der Waals surface area contributed by atoms with Crippen LogP contribution in [-0.2, 0) is 0 Å². The third-order valence-corrected chi connectivity index (χ3v) is 3.94. The highest BCUT2D eigenvalue weighted by Gasteiger charge is 2.28. The summed E-state index contributed by atoms with van der Waals surface area (Å²) in [6.45, 7) is 9.95. The van der Waals surface area contributed by atoms with Gasteiger partial charge in [-0.05, 0) is 40.7 Å². The Morgan fingerprint density at radius 1 is 1.08 bits per heavy atom. The zero-order chi connectivity index (χ0) is 17.9. The van der Waals surface area contributed by atoms with Crippen LogP contribution in [0, 0.1) is 6.92 Å². The van der Waals surface area contributed by atoms with Crippen molar-refractivity contribution in [2.75, 3.05) is 7.11 Å². The molecule has 0 aliphatic carbocycles.